The van der Waals surface area contributed by atoms with Crippen molar-refractivity contribution in [3.05, 3.63) is 0 Å². The highest BCUT2D eigenvalue weighted by Gasteiger charge is 2.46. The van der Waals surface area contributed by atoms with Gasteiger partial charge in [0.15, 0.2) is 0 Å². The number of hydrogen-bond acceptors (Lipinski definition) is 1. The van der Waals surface area contributed by atoms with E-state index in [4.69, 9.17) is 0 Å². The van der Waals surface area contributed by atoms with E-state index in [1.54, 1.807) is 0 Å². The molecule has 0 amide bonds. The molecule has 1 saturated heterocycles. The van der Waals surface area contributed by atoms with Crippen molar-refractivity contribution in [3.8, 4) is 0 Å². The molecule has 0 spiro atoms. The van der Waals surface area contributed by atoms with Gasteiger partial charge in [-0.3, -0.25) is 4.90 Å². The molecule has 0 aromatic rings. The van der Waals surface area contributed by atoms with Crippen LogP contribution in [-0.4, -0.2) is 21.5 Å². The lowest BCUT2D eigenvalue weighted by atomic mass is 9.76. The summed E-state index contributed by atoms with van der Waals surface area (Å²) in [6.07, 6.45) is 4.02. The zero-order chi connectivity index (χ0) is 11.2. The van der Waals surface area contributed by atoms with Gasteiger partial charge in [0.25, 0.3) is 0 Å². The molecule has 1 rings (SSSR count). The van der Waals surface area contributed by atoms with E-state index in [1.165, 1.54) is 19.3 Å². The van der Waals surface area contributed by atoms with Gasteiger partial charge in [-0.2, -0.15) is 0 Å². The van der Waals surface area contributed by atoms with E-state index in [2.05, 4.69) is 53.4 Å². The Morgan fingerprint density at radius 3 is 1.43 bits per heavy atom. The molecular formula is C13H27N. The largest absolute Gasteiger partial charge is 0.288 e. The fourth-order valence-electron chi connectivity index (χ4n) is 3.81. The van der Waals surface area contributed by atoms with E-state index in [-0.39, 0.29) is 5.54 Å². The van der Waals surface area contributed by atoms with Gasteiger partial charge in [-0.05, 0) is 67.7 Å². The van der Waals surface area contributed by atoms with Gasteiger partial charge in [-0.1, -0.05) is 0 Å². The van der Waals surface area contributed by atoms with Crippen LogP contribution in [0.3, 0.4) is 0 Å². The van der Waals surface area contributed by atoms with E-state index in [9.17, 15) is 0 Å². The van der Waals surface area contributed by atoms with Gasteiger partial charge in [0.2, 0.25) is 0 Å². The Morgan fingerprint density at radius 2 is 1.21 bits per heavy atom. The quantitative estimate of drug-likeness (QED) is 0.570. The molecule has 0 aromatic heterocycles. The van der Waals surface area contributed by atoms with Crippen LogP contribution in [0.5, 0.6) is 0 Å². The molecule has 14 heavy (non-hydrogen) atoms. The third-order valence-electron chi connectivity index (χ3n) is 3.46. The first-order chi connectivity index (χ1) is 6.07. The first kappa shape index (κ1) is 12.0. The Hall–Kier alpha value is -0.0400. The molecule has 0 bridgehead atoms. The summed E-state index contributed by atoms with van der Waals surface area (Å²) in [6, 6.07) is 0. The maximum Gasteiger partial charge on any atom is 0.0163 e. The average molecular weight is 197 g/mol. The van der Waals surface area contributed by atoms with E-state index < -0.39 is 0 Å². The van der Waals surface area contributed by atoms with Crippen molar-refractivity contribution in [1.29, 1.82) is 0 Å². The minimum atomic E-state index is 0.271. The first-order valence-corrected chi connectivity index (χ1v) is 5.88. The van der Waals surface area contributed by atoms with Crippen LogP contribution >= 0.6 is 0 Å². The van der Waals surface area contributed by atoms with Crippen LogP contribution in [0.15, 0.2) is 0 Å². The van der Waals surface area contributed by atoms with Gasteiger partial charge in [-0.15, -0.1) is 0 Å². The van der Waals surface area contributed by atoms with Crippen LogP contribution in [0, 0.1) is 0 Å². The molecule has 0 saturated carbocycles. The molecule has 0 atom stereocenters. The number of piperidine rings is 1. The second-order valence-electron chi connectivity index (χ2n) is 6.98. The lowest BCUT2D eigenvalue weighted by Gasteiger charge is -2.59. The second-order valence-corrected chi connectivity index (χ2v) is 6.98. The van der Waals surface area contributed by atoms with Gasteiger partial charge >= 0.3 is 0 Å². The number of rotatable bonds is 0. The van der Waals surface area contributed by atoms with Crippen LogP contribution < -0.4 is 0 Å². The van der Waals surface area contributed by atoms with E-state index in [1.807, 2.05) is 0 Å². The Labute approximate surface area is 89.9 Å². The molecule has 1 fully saturated rings. The van der Waals surface area contributed by atoms with E-state index in [0.29, 0.717) is 11.1 Å². The summed E-state index contributed by atoms with van der Waals surface area (Å²) >= 11 is 0. The van der Waals surface area contributed by atoms with Crippen LogP contribution in [-0.2, 0) is 0 Å². The SMILES string of the molecule is CC(C)(C)N1C(C)(C)CCCC1(C)C. The lowest BCUT2D eigenvalue weighted by molar-refractivity contribution is -0.0896. The molecule has 1 nitrogen and oxygen atoms in total. The summed E-state index contributed by atoms with van der Waals surface area (Å²) in [6.45, 7) is 16.6. The van der Waals surface area contributed by atoms with Crippen LogP contribution in [0.1, 0.15) is 67.7 Å². The van der Waals surface area contributed by atoms with Gasteiger partial charge in [-0.25, -0.2) is 0 Å². The molecule has 1 aliphatic rings. The summed E-state index contributed by atoms with van der Waals surface area (Å²) in [5.74, 6) is 0. The normalized spacial score (nSPS) is 27.6. The second kappa shape index (κ2) is 3.23. The predicted molar refractivity (Wildman–Crippen MR) is 63.6 cm³/mol. The van der Waals surface area contributed by atoms with Gasteiger partial charge < -0.3 is 0 Å². The summed E-state index contributed by atoms with van der Waals surface area (Å²) in [5.41, 5.74) is 0.966. The average Bonchev–Trinajstić information content (AvgIpc) is 1.76. The van der Waals surface area contributed by atoms with Crippen LogP contribution in [0.2, 0.25) is 0 Å². The molecule has 0 aliphatic carbocycles. The number of likely N-dealkylation sites (tertiary alicyclic amines) is 1. The highest BCUT2D eigenvalue weighted by atomic mass is 15.3. The molecular weight excluding hydrogens is 170 g/mol. The molecule has 0 N–H and O–H groups in total. The summed E-state index contributed by atoms with van der Waals surface area (Å²) in [7, 11) is 0. The third kappa shape index (κ3) is 2.13. The Kier molecular flexibility index (Phi) is 2.78. The first-order valence-electron chi connectivity index (χ1n) is 5.88. The zero-order valence-electron chi connectivity index (χ0n) is 11.1. The molecule has 84 valence electrons. The maximum absolute atomic E-state index is 2.70. The smallest absolute Gasteiger partial charge is 0.0163 e. The van der Waals surface area contributed by atoms with E-state index >= 15 is 0 Å². The molecule has 1 aliphatic heterocycles. The van der Waals surface area contributed by atoms with Crippen molar-refractivity contribution < 1.29 is 0 Å². The fourth-order valence-corrected chi connectivity index (χ4v) is 3.81. The fraction of sp³-hybridized carbons (Fsp3) is 1.00. The summed E-state index contributed by atoms with van der Waals surface area (Å²) < 4.78 is 0. The molecule has 0 radical (unpaired) electrons. The number of nitrogens with zero attached hydrogens (tertiary/aromatic N) is 1. The van der Waals surface area contributed by atoms with Crippen LogP contribution in [0.4, 0.5) is 0 Å². The van der Waals surface area contributed by atoms with Gasteiger partial charge in [0, 0.05) is 16.6 Å². The van der Waals surface area contributed by atoms with Gasteiger partial charge in [0.1, 0.15) is 0 Å². The van der Waals surface area contributed by atoms with E-state index in [0.717, 1.165) is 0 Å². The Balaban J connectivity index is 3.04. The van der Waals surface area contributed by atoms with Crippen LogP contribution in [0.25, 0.3) is 0 Å². The molecule has 1 heterocycles. The van der Waals surface area contributed by atoms with Crippen molar-refractivity contribution in [3.63, 3.8) is 0 Å². The third-order valence-corrected chi connectivity index (χ3v) is 3.46. The highest BCUT2D eigenvalue weighted by molar-refractivity contribution is 5.02. The Morgan fingerprint density at radius 1 is 0.857 bits per heavy atom. The molecule has 0 unspecified atom stereocenters. The zero-order valence-corrected chi connectivity index (χ0v) is 11.1. The topological polar surface area (TPSA) is 3.24 Å². The van der Waals surface area contributed by atoms with Crippen molar-refractivity contribution >= 4 is 0 Å². The maximum atomic E-state index is 2.70. The highest BCUT2D eigenvalue weighted by Crippen LogP contribution is 2.42. The summed E-state index contributed by atoms with van der Waals surface area (Å²) in [5, 5.41) is 0. The summed E-state index contributed by atoms with van der Waals surface area (Å²) in [4.78, 5) is 2.70. The van der Waals surface area contributed by atoms with Crippen molar-refractivity contribution in [2.45, 2.75) is 84.3 Å². The minimum Gasteiger partial charge on any atom is -0.288 e. The monoisotopic (exact) mass is 197 g/mol. The van der Waals surface area contributed by atoms with Gasteiger partial charge in [0.05, 0.1) is 0 Å². The molecule has 0 aromatic carbocycles. The van der Waals surface area contributed by atoms with Crippen molar-refractivity contribution in [2.24, 2.45) is 0 Å². The predicted octanol–water partition coefficient (Wildman–Crippen LogP) is 3.83. The Bertz CT molecular complexity index is 192. The number of hydrogen-bond donors (Lipinski definition) is 0. The van der Waals surface area contributed by atoms with Crippen molar-refractivity contribution in [2.75, 3.05) is 0 Å². The molecule has 1 heteroatoms. The standard InChI is InChI=1S/C13H27N/c1-11(2,3)14-12(4,5)9-8-10-13(14,6)7/h8-10H2,1-7H3. The van der Waals surface area contributed by atoms with Crippen molar-refractivity contribution in [1.82, 2.24) is 4.90 Å². The lowest BCUT2D eigenvalue weighted by Crippen LogP contribution is -2.65. The minimum absolute atomic E-state index is 0.271.